The van der Waals surface area contributed by atoms with Crippen LogP contribution < -0.4 is 5.73 Å². The Labute approximate surface area is 134 Å². The Balaban J connectivity index is 2.81. The Morgan fingerprint density at radius 1 is 1.23 bits per heavy atom. The monoisotopic (exact) mass is 315 g/mol. The van der Waals surface area contributed by atoms with Crippen molar-refractivity contribution >= 4 is 5.97 Å². The van der Waals surface area contributed by atoms with Gasteiger partial charge in [-0.2, -0.15) is 0 Å². The lowest BCUT2D eigenvalue weighted by atomic mass is 9.91. The Morgan fingerprint density at radius 2 is 1.91 bits per heavy atom. The van der Waals surface area contributed by atoms with Gasteiger partial charge in [-0.15, -0.1) is 0 Å². The molecular formula is C17H33NO4. The Hall–Kier alpha value is -0.650. The molecule has 0 aromatic carbocycles. The average molecular weight is 315 g/mol. The highest BCUT2D eigenvalue weighted by molar-refractivity contribution is 5.75. The second kappa shape index (κ2) is 9.48. The van der Waals surface area contributed by atoms with Crippen molar-refractivity contribution in [1.82, 2.24) is 0 Å². The van der Waals surface area contributed by atoms with Gasteiger partial charge in [-0.05, 0) is 25.2 Å². The van der Waals surface area contributed by atoms with Gasteiger partial charge >= 0.3 is 5.97 Å². The average Bonchev–Trinajstić information content (AvgIpc) is 2.46. The summed E-state index contributed by atoms with van der Waals surface area (Å²) in [5.41, 5.74) is 5.77. The van der Waals surface area contributed by atoms with Crippen molar-refractivity contribution in [2.75, 3.05) is 19.8 Å². The smallest absolute Gasteiger partial charge is 0.325 e. The van der Waals surface area contributed by atoms with Crippen molar-refractivity contribution in [3.8, 4) is 0 Å². The van der Waals surface area contributed by atoms with E-state index in [1.54, 1.807) is 0 Å². The van der Waals surface area contributed by atoms with E-state index in [1.807, 2.05) is 6.92 Å². The molecule has 0 amide bonds. The SMILES string of the molecule is CC(C)CC[C@H]1COC[C@H](N)C(=O)O[C@@H](C)[C@@H]1OCC(C)C. The lowest BCUT2D eigenvalue weighted by Crippen LogP contribution is -2.41. The quantitative estimate of drug-likeness (QED) is 0.762. The van der Waals surface area contributed by atoms with Gasteiger partial charge in [-0.3, -0.25) is 4.79 Å². The zero-order valence-electron chi connectivity index (χ0n) is 14.7. The van der Waals surface area contributed by atoms with Crippen molar-refractivity contribution in [2.24, 2.45) is 23.5 Å². The van der Waals surface area contributed by atoms with Crippen LogP contribution in [0.5, 0.6) is 0 Å². The lowest BCUT2D eigenvalue weighted by Gasteiger charge is -2.31. The third kappa shape index (κ3) is 6.63. The van der Waals surface area contributed by atoms with E-state index in [0.29, 0.717) is 25.0 Å². The summed E-state index contributed by atoms with van der Waals surface area (Å²) in [6.07, 6.45) is 1.64. The van der Waals surface area contributed by atoms with Crippen LogP contribution in [-0.2, 0) is 19.0 Å². The molecule has 0 bridgehead atoms. The minimum absolute atomic E-state index is 0.143. The summed E-state index contributed by atoms with van der Waals surface area (Å²) in [5.74, 6) is 0.868. The molecule has 1 aliphatic heterocycles. The van der Waals surface area contributed by atoms with E-state index in [-0.39, 0.29) is 24.7 Å². The van der Waals surface area contributed by atoms with Crippen molar-refractivity contribution in [2.45, 2.75) is 65.7 Å². The highest BCUT2D eigenvalue weighted by Crippen LogP contribution is 2.24. The summed E-state index contributed by atoms with van der Waals surface area (Å²) in [7, 11) is 0. The summed E-state index contributed by atoms with van der Waals surface area (Å²) >= 11 is 0. The maximum absolute atomic E-state index is 11.9. The molecule has 4 atom stereocenters. The first-order chi connectivity index (χ1) is 10.3. The molecule has 0 aliphatic carbocycles. The molecule has 0 aromatic heterocycles. The predicted octanol–water partition coefficient (Wildman–Crippen LogP) is 2.37. The van der Waals surface area contributed by atoms with Crippen LogP contribution in [0.4, 0.5) is 0 Å². The standard InChI is InChI=1S/C17H33NO4/c1-11(2)6-7-14-9-20-10-15(18)17(19)22-13(5)16(14)21-8-12(3)4/h11-16H,6-10,18H2,1-5H3/t13-,14-,15-,16-/m0/s1. The molecular weight excluding hydrogens is 282 g/mol. The Morgan fingerprint density at radius 3 is 2.50 bits per heavy atom. The molecule has 1 aliphatic rings. The van der Waals surface area contributed by atoms with Gasteiger partial charge in [-0.25, -0.2) is 0 Å². The van der Waals surface area contributed by atoms with Crippen LogP contribution in [0.2, 0.25) is 0 Å². The van der Waals surface area contributed by atoms with E-state index in [1.165, 1.54) is 0 Å². The molecule has 2 N–H and O–H groups in total. The number of esters is 1. The fraction of sp³-hybridized carbons (Fsp3) is 0.941. The van der Waals surface area contributed by atoms with Crippen LogP contribution in [0.1, 0.15) is 47.5 Å². The third-order valence-electron chi connectivity index (χ3n) is 3.90. The molecule has 5 heteroatoms. The fourth-order valence-corrected chi connectivity index (χ4v) is 2.60. The summed E-state index contributed by atoms with van der Waals surface area (Å²) in [6, 6.07) is -0.711. The second-order valence-corrected chi connectivity index (χ2v) is 7.21. The van der Waals surface area contributed by atoms with Crippen molar-refractivity contribution in [1.29, 1.82) is 0 Å². The van der Waals surface area contributed by atoms with Crippen LogP contribution in [-0.4, -0.2) is 44.0 Å². The number of cyclic esters (lactones) is 1. The normalized spacial score (nSPS) is 30.8. The van der Waals surface area contributed by atoms with E-state index in [4.69, 9.17) is 19.9 Å². The van der Waals surface area contributed by atoms with Gasteiger partial charge in [0.25, 0.3) is 0 Å². The first-order valence-electron chi connectivity index (χ1n) is 8.46. The number of rotatable bonds is 6. The highest BCUT2D eigenvalue weighted by Gasteiger charge is 2.33. The van der Waals surface area contributed by atoms with Gasteiger partial charge in [0, 0.05) is 12.5 Å². The molecule has 1 saturated heterocycles. The number of nitrogens with two attached hydrogens (primary N) is 1. The molecule has 0 aromatic rings. The zero-order valence-corrected chi connectivity index (χ0v) is 14.7. The summed E-state index contributed by atoms with van der Waals surface area (Å²) < 4.78 is 17.2. The van der Waals surface area contributed by atoms with Gasteiger partial charge in [0.05, 0.1) is 19.3 Å². The Bertz CT molecular complexity index is 333. The topological polar surface area (TPSA) is 70.8 Å². The minimum atomic E-state index is -0.711. The minimum Gasteiger partial charge on any atom is -0.459 e. The van der Waals surface area contributed by atoms with E-state index in [9.17, 15) is 4.79 Å². The highest BCUT2D eigenvalue weighted by atomic mass is 16.6. The molecule has 0 saturated carbocycles. The molecule has 1 fully saturated rings. The second-order valence-electron chi connectivity index (χ2n) is 7.21. The van der Waals surface area contributed by atoms with Gasteiger partial charge < -0.3 is 19.9 Å². The van der Waals surface area contributed by atoms with E-state index in [0.717, 1.165) is 12.8 Å². The van der Waals surface area contributed by atoms with Gasteiger partial charge in [0.1, 0.15) is 12.1 Å². The summed E-state index contributed by atoms with van der Waals surface area (Å²) in [5, 5.41) is 0. The first kappa shape index (κ1) is 19.4. The van der Waals surface area contributed by atoms with Crippen LogP contribution in [0.3, 0.4) is 0 Å². The molecule has 22 heavy (non-hydrogen) atoms. The summed E-state index contributed by atoms with van der Waals surface area (Å²) in [6.45, 7) is 12.0. The molecule has 1 heterocycles. The van der Waals surface area contributed by atoms with Gasteiger partial charge in [-0.1, -0.05) is 34.1 Å². The first-order valence-corrected chi connectivity index (χ1v) is 8.46. The Kier molecular flexibility index (Phi) is 8.36. The number of ether oxygens (including phenoxy) is 3. The van der Waals surface area contributed by atoms with E-state index in [2.05, 4.69) is 27.7 Å². The zero-order chi connectivity index (χ0) is 16.7. The van der Waals surface area contributed by atoms with Gasteiger partial charge in [0.2, 0.25) is 0 Å². The molecule has 0 unspecified atom stereocenters. The molecule has 0 spiro atoms. The maximum Gasteiger partial charge on any atom is 0.325 e. The predicted molar refractivity (Wildman–Crippen MR) is 86.5 cm³/mol. The third-order valence-corrected chi connectivity index (χ3v) is 3.90. The molecule has 1 rings (SSSR count). The number of carbonyl (C=O) groups is 1. The number of hydrogen-bond donors (Lipinski definition) is 1. The van der Waals surface area contributed by atoms with Crippen molar-refractivity contribution < 1.29 is 19.0 Å². The molecule has 130 valence electrons. The van der Waals surface area contributed by atoms with Crippen LogP contribution >= 0.6 is 0 Å². The number of carbonyl (C=O) groups excluding carboxylic acids is 1. The molecule has 5 nitrogen and oxygen atoms in total. The van der Waals surface area contributed by atoms with Crippen LogP contribution in [0, 0.1) is 17.8 Å². The maximum atomic E-state index is 11.9. The fourth-order valence-electron chi connectivity index (χ4n) is 2.60. The van der Waals surface area contributed by atoms with Crippen molar-refractivity contribution in [3.63, 3.8) is 0 Å². The van der Waals surface area contributed by atoms with E-state index >= 15 is 0 Å². The lowest BCUT2D eigenvalue weighted by molar-refractivity contribution is -0.160. The van der Waals surface area contributed by atoms with Crippen molar-refractivity contribution in [3.05, 3.63) is 0 Å². The van der Waals surface area contributed by atoms with Crippen LogP contribution in [0.25, 0.3) is 0 Å². The summed E-state index contributed by atoms with van der Waals surface area (Å²) in [4.78, 5) is 11.9. The number of hydrogen-bond acceptors (Lipinski definition) is 5. The van der Waals surface area contributed by atoms with E-state index < -0.39 is 12.0 Å². The van der Waals surface area contributed by atoms with Crippen LogP contribution in [0.15, 0.2) is 0 Å². The molecule has 0 radical (unpaired) electrons. The largest absolute Gasteiger partial charge is 0.459 e. The van der Waals surface area contributed by atoms with Gasteiger partial charge in [0.15, 0.2) is 0 Å².